The lowest BCUT2D eigenvalue weighted by molar-refractivity contribution is 0.150. The summed E-state index contributed by atoms with van der Waals surface area (Å²) in [5.41, 5.74) is 5.96. The van der Waals surface area contributed by atoms with Crippen LogP contribution in [0.15, 0.2) is 0 Å². The number of unbranched alkanes of at least 4 members (excludes halogenated alkanes) is 1. The molecule has 3 nitrogen and oxygen atoms in total. The molecular weight excluding hydrogens is 176 g/mol. The highest BCUT2D eigenvalue weighted by molar-refractivity contribution is 4.86. The molecule has 84 valence electrons. The number of rotatable bonds is 8. The van der Waals surface area contributed by atoms with Crippen molar-refractivity contribution in [3.05, 3.63) is 0 Å². The molecule has 1 rings (SSSR count). The van der Waals surface area contributed by atoms with Crippen LogP contribution in [0.1, 0.15) is 32.6 Å². The number of nitrogens with zero attached hydrogens (tertiary/aromatic N) is 1. The molecule has 0 aromatic carbocycles. The lowest BCUT2D eigenvalue weighted by Crippen LogP contribution is -2.41. The van der Waals surface area contributed by atoms with Gasteiger partial charge in [-0.1, -0.05) is 13.3 Å². The summed E-state index contributed by atoms with van der Waals surface area (Å²) >= 11 is 0. The SMILES string of the molecule is CCCCN(CC(N)COC)C1CC1. The van der Waals surface area contributed by atoms with Crippen molar-refractivity contribution in [3.63, 3.8) is 0 Å². The van der Waals surface area contributed by atoms with Crippen molar-refractivity contribution in [2.24, 2.45) is 5.73 Å². The lowest BCUT2D eigenvalue weighted by atomic mass is 10.2. The number of hydrogen-bond donors (Lipinski definition) is 1. The zero-order valence-corrected chi connectivity index (χ0v) is 9.54. The predicted molar refractivity (Wildman–Crippen MR) is 59.4 cm³/mol. The van der Waals surface area contributed by atoms with E-state index in [0.29, 0.717) is 6.61 Å². The molecule has 3 heteroatoms. The molecule has 0 amide bonds. The van der Waals surface area contributed by atoms with Crippen molar-refractivity contribution >= 4 is 0 Å². The molecule has 0 aromatic heterocycles. The van der Waals surface area contributed by atoms with Crippen LogP contribution in [0.5, 0.6) is 0 Å². The van der Waals surface area contributed by atoms with Gasteiger partial charge in [-0.05, 0) is 25.8 Å². The third kappa shape index (κ3) is 4.40. The quantitative estimate of drug-likeness (QED) is 0.640. The second-order valence-electron chi connectivity index (χ2n) is 4.30. The maximum atomic E-state index is 5.96. The maximum absolute atomic E-state index is 5.96. The van der Waals surface area contributed by atoms with Crippen LogP contribution in [-0.2, 0) is 4.74 Å². The van der Waals surface area contributed by atoms with Gasteiger partial charge < -0.3 is 10.5 Å². The van der Waals surface area contributed by atoms with Gasteiger partial charge in [-0.2, -0.15) is 0 Å². The first-order valence-corrected chi connectivity index (χ1v) is 5.76. The number of nitrogens with two attached hydrogens (primary N) is 1. The van der Waals surface area contributed by atoms with Crippen molar-refractivity contribution in [2.45, 2.75) is 44.7 Å². The molecular formula is C11H24N2O. The van der Waals surface area contributed by atoms with Crippen LogP contribution in [0, 0.1) is 0 Å². The Morgan fingerprint density at radius 3 is 2.71 bits per heavy atom. The monoisotopic (exact) mass is 200 g/mol. The topological polar surface area (TPSA) is 38.5 Å². The van der Waals surface area contributed by atoms with Crippen LogP contribution >= 0.6 is 0 Å². The minimum absolute atomic E-state index is 0.178. The molecule has 0 radical (unpaired) electrons. The van der Waals surface area contributed by atoms with Gasteiger partial charge in [0.25, 0.3) is 0 Å². The van der Waals surface area contributed by atoms with Gasteiger partial charge in [0.1, 0.15) is 0 Å². The van der Waals surface area contributed by atoms with Gasteiger partial charge in [-0.15, -0.1) is 0 Å². The van der Waals surface area contributed by atoms with Crippen LogP contribution in [0.3, 0.4) is 0 Å². The average Bonchev–Trinajstić information content (AvgIpc) is 2.95. The van der Waals surface area contributed by atoms with Crippen LogP contribution in [0.4, 0.5) is 0 Å². The van der Waals surface area contributed by atoms with Crippen molar-refractivity contribution in [1.82, 2.24) is 4.90 Å². The second-order valence-corrected chi connectivity index (χ2v) is 4.30. The Hall–Kier alpha value is -0.120. The zero-order chi connectivity index (χ0) is 10.4. The van der Waals surface area contributed by atoms with Crippen molar-refractivity contribution in [3.8, 4) is 0 Å². The van der Waals surface area contributed by atoms with Gasteiger partial charge in [-0.3, -0.25) is 4.90 Å². The summed E-state index contributed by atoms with van der Waals surface area (Å²) in [5.74, 6) is 0. The van der Waals surface area contributed by atoms with Crippen LogP contribution in [0.2, 0.25) is 0 Å². The van der Waals surface area contributed by atoms with E-state index in [2.05, 4.69) is 11.8 Å². The highest BCUT2D eigenvalue weighted by atomic mass is 16.5. The van der Waals surface area contributed by atoms with Gasteiger partial charge >= 0.3 is 0 Å². The molecule has 1 aliphatic carbocycles. The molecule has 0 saturated heterocycles. The standard InChI is InChI=1S/C11H24N2O/c1-3-4-7-13(11-5-6-11)8-10(12)9-14-2/h10-11H,3-9,12H2,1-2H3. The Balaban J connectivity index is 2.20. The Labute approximate surface area is 87.6 Å². The summed E-state index contributed by atoms with van der Waals surface area (Å²) < 4.78 is 5.06. The smallest absolute Gasteiger partial charge is 0.0626 e. The molecule has 14 heavy (non-hydrogen) atoms. The summed E-state index contributed by atoms with van der Waals surface area (Å²) in [5, 5.41) is 0. The van der Waals surface area contributed by atoms with Crippen LogP contribution < -0.4 is 5.73 Å². The molecule has 1 aliphatic rings. The highest BCUT2D eigenvalue weighted by Gasteiger charge is 2.29. The first-order valence-electron chi connectivity index (χ1n) is 5.76. The maximum Gasteiger partial charge on any atom is 0.0626 e. The molecule has 1 fully saturated rings. The number of hydrogen-bond acceptors (Lipinski definition) is 3. The average molecular weight is 200 g/mol. The normalized spacial score (nSPS) is 18.9. The third-order valence-electron chi connectivity index (χ3n) is 2.71. The summed E-state index contributed by atoms with van der Waals surface area (Å²) in [4.78, 5) is 2.53. The van der Waals surface area contributed by atoms with Crippen LogP contribution in [-0.4, -0.2) is 43.8 Å². The molecule has 1 atom stereocenters. The van der Waals surface area contributed by atoms with E-state index in [1.54, 1.807) is 7.11 Å². The fraction of sp³-hybridized carbons (Fsp3) is 1.00. The Kier molecular flexibility index (Phi) is 5.45. The third-order valence-corrected chi connectivity index (χ3v) is 2.71. The highest BCUT2D eigenvalue weighted by Crippen LogP contribution is 2.26. The summed E-state index contributed by atoms with van der Waals surface area (Å²) in [7, 11) is 1.72. The molecule has 1 saturated carbocycles. The fourth-order valence-corrected chi connectivity index (χ4v) is 1.79. The van der Waals surface area contributed by atoms with E-state index in [1.165, 1.54) is 32.2 Å². The minimum atomic E-state index is 0.178. The Bertz CT molecular complexity index is 148. The Morgan fingerprint density at radius 2 is 2.21 bits per heavy atom. The molecule has 0 bridgehead atoms. The van der Waals surface area contributed by atoms with E-state index in [-0.39, 0.29) is 6.04 Å². The number of methoxy groups -OCH3 is 1. The zero-order valence-electron chi connectivity index (χ0n) is 9.54. The summed E-state index contributed by atoms with van der Waals surface area (Å²) in [6, 6.07) is 1.00. The van der Waals surface area contributed by atoms with Gasteiger partial charge in [0.2, 0.25) is 0 Å². The van der Waals surface area contributed by atoms with E-state index in [9.17, 15) is 0 Å². The van der Waals surface area contributed by atoms with Crippen LogP contribution in [0.25, 0.3) is 0 Å². The van der Waals surface area contributed by atoms with Crippen molar-refractivity contribution < 1.29 is 4.74 Å². The van der Waals surface area contributed by atoms with E-state index < -0.39 is 0 Å². The van der Waals surface area contributed by atoms with Gasteiger partial charge in [0.15, 0.2) is 0 Å². The molecule has 0 aliphatic heterocycles. The van der Waals surface area contributed by atoms with Crippen molar-refractivity contribution in [2.75, 3.05) is 26.8 Å². The molecule has 0 aromatic rings. The fourth-order valence-electron chi connectivity index (χ4n) is 1.79. The first kappa shape index (κ1) is 12.0. The van der Waals surface area contributed by atoms with E-state index in [1.807, 2.05) is 0 Å². The summed E-state index contributed by atoms with van der Waals surface area (Å²) in [6.45, 7) is 5.12. The second kappa shape index (κ2) is 6.38. The summed E-state index contributed by atoms with van der Waals surface area (Å²) in [6.07, 6.45) is 5.28. The van der Waals surface area contributed by atoms with Gasteiger partial charge in [0, 0.05) is 25.7 Å². The van der Waals surface area contributed by atoms with E-state index in [4.69, 9.17) is 10.5 Å². The largest absolute Gasteiger partial charge is 0.383 e. The van der Waals surface area contributed by atoms with E-state index >= 15 is 0 Å². The van der Waals surface area contributed by atoms with Crippen molar-refractivity contribution in [1.29, 1.82) is 0 Å². The minimum Gasteiger partial charge on any atom is -0.383 e. The van der Waals surface area contributed by atoms with E-state index in [0.717, 1.165) is 12.6 Å². The molecule has 0 heterocycles. The first-order chi connectivity index (χ1) is 6.77. The molecule has 2 N–H and O–H groups in total. The molecule has 0 spiro atoms. The molecule has 1 unspecified atom stereocenters. The lowest BCUT2D eigenvalue weighted by Gasteiger charge is -2.24. The predicted octanol–water partition coefficient (Wildman–Crippen LogP) is 1.22. The van der Waals surface area contributed by atoms with Gasteiger partial charge in [-0.25, -0.2) is 0 Å². The number of ether oxygens (including phenoxy) is 1. The van der Waals surface area contributed by atoms with Gasteiger partial charge in [0.05, 0.1) is 6.61 Å². The Morgan fingerprint density at radius 1 is 1.50 bits per heavy atom.